The molecule has 1 saturated heterocycles. The monoisotopic (exact) mass is 345 g/mol. The van der Waals surface area contributed by atoms with Crippen LogP contribution in [-0.4, -0.2) is 42.2 Å². The highest BCUT2D eigenvalue weighted by molar-refractivity contribution is 5.89. The first kappa shape index (κ1) is 17.0. The number of hydrogen-bond acceptors (Lipinski definition) is 4. The van der Waals surface area contributed by atoms with Gasteiger partial charge in [-0.1, -0.05) is 12.1 Å². The number of pyridine rings is 1. The lowest BCUT2D eigenvalue weighted by molar-refractivity contribution is 0.112. The Bertz CT molecular complexity index is 716. The van der Waals surface area contributed by atoms with E-state index in [2.05, 4.69) is 10.3 Å². The van der Waals surface area contributed by atoms with E-state index in [-0.39, 0.29) is 12.1 Å². The van der Waals surface area contributed by atoms with E-state index in [1.165, 1.54) is 18.3 Å². The molecule has 2 aromatic rings. The van der Waals surface area contributed by atoms with Gasteiger partial charge in [0.05, 0.1) is 19.0 Å². The molecule has 2 heterocycles. The van der Waals surface area contributed by atoms with Crippen molar-refractivity contribution in [3.05, 3.63) is 48.5 Å². The second-order valence-corrected chi connectivity index (χ2v) is 5.75. The number of nitrogens with zero attached hydrogens (tertiary/aromatic N) is 2. The van der Waals surface area contributed by atoms with Crippen LogP contribution in [0.25, 0.3) is 0 Å². The maximum absolute atomic E-state index is 12.8. The standard InChI is InChI=1S/C18H20FN3O3/c1-24-15-4-2-3-5-16(15)25-14-8-10-22(11-9-14)18(23)21-13-6-7-17(19)20-12-13/h2-7,12,14H,8-11H2,1H3,(H,21,23). The summed E-state index contributed by atoms with van der Waals surface area (Å²) < 4.78 is 24.1. The van der Waals surface area contributed by atoms with Crippen molar-refractivity contribution in [2.75, 3.05) is 25.5 Å². The molecule has 0 atom stereocenters. The van der Waals surface area contributed by atoms with Crippen molar-refractivity contribution in [1.29, 1.82) is 0 Å². The second-order valence-electron chi connectivity index (χ2n) is 5.75. The summed E-state index contributed by atoms with van der Waals surface area (Å²) in [7, 11) is 1.61. The van der Waals surface area contributed by atoms with Crippen LogP contribution in [-0.2, 0) is 0 Å². The molecule has 2 amide bonds. The largest absolute Gasteiger partial charge is 0.493 e. The maximum atomic E-state index is 12.8. The Kier molecular flexibility index (Phi) is 5.33. The molecule has 3 rings (SSSR count). The lowest BCUT2D eigenvalue weighted by atomic mass is 10.1. The predicted octanol–water partition coefficient (Wildman–Crippen LogP) is 3.30. The van der Waals surface area contributed by atoms with Gasteiger partial charge in [0.2, 0.25) is 5.95 Å². The van der Waals surface area contributed by atoms with Crippen molar-refractivity contribution < 1.29 is 18.7 Å². The molecule has 25 heavy (non-hydrogen) atoms. The van der Waals surface area contributed by atoms with E-state index in [0.717, 1.165) is 12.8 Å². The highest BCUT2D eigenvalue weighted by atomic mass is 19.1. The molecule has 0 unspecified atom stereocenters. The van der Waals surface area contributed by atoms with Crippen molar-refractivity contribution in [3.63, 3.8) is 0 Å². The first-order valence-corrected chi connectivity index (χ1v) is 8.13. The zero-order chi connectivity index (χ0) is 17.6. The Morgan fingerprint density at radius 1 is 1.20 bits per heavy atom. The molecule has 132 valence electrons. The van der Waals surface area contributed by atoms with Gasteiger partial charge in [-0.05, 0) is 24.3 Å². The fraction of sp³-hybridized carbons (Fsp3) is 0.333. The molecule has 0 saturated carbocycles. The van der Waals surface area contributed by atoms with Crippen molar-refractivity contribution in [3.8, 4) is 11.5 Å². The number of methoxy groups -OCH3 is 1. The van der Waals surface area contributed by atoms with Crippen LogP contribution in [0.5, 0.6) is 11.5 Å². The molecule has 1 N–H and O–H groups in total. The number of piperidine rings is 1. The number of carbonyl (C=O) groups excluding carboxylic acids is 1. The van der Waals surface area contributed by atoms with E-state index in [1.807, 2.05) is 24.3 Å². The molecule has 0 radical (unpaired) electrons. The number of ether oxygens (including phenoxy) is 2. The first-order chi connectivity index (χ1) is 12.2. The number of aromatic nitrogens is 1. The first-order valence-electron chi connectivity index (χ1n) is 8.13. The minimum absolute atomic E-state index is 0.0350. The van der Waals surface area contributed by atoms with E-state index in [9.17, 15) is 9.18 Å². The summed E-state index contributed by atoms with van der Waals surface area (Å²) in [5.74, 6) is 0.837. The van der Waals surface area contributed by atoms with Gasteiger partial charge in [0.15, 0.2) is 11.5 Å². The van der Waals surface area contributed by atoms with E-state index in [4.69, 9.17) is 9.47 Å². The Hall–Kier alpha value is -2.83. The van der Waals surface area contributed by atoms with Gasteiger partial charge in [-0.25, -0.2) is 9.78 Å². The number of halogens is 1. The zero-order valence-electron chi connectivity index (χ0n) is 13.9. The molecular weight excluding hydrogens is 325 g/mol. The zero-order valence-corrected chi connectivity index (χ0v) is 13.9. The van der Waals surface area contributed by atoms with Gasteiger partial charge in [0, 0.05) is 25.9 Å². The van der Waals surface area contributed by atoms with Crippen molar-refractivity contribution >= 4 is 11.7 Å². The number of para-hydroxylation sites is 2. The lowest BCUT2D eigenvalue weighted by Gasteiger charge is -2.32. The van der Waals surface area contributed by atoms with E-state index in [1.54, 1.807) is 12.0 Å². The third kappa shape index (κ3) is 4.37. The number of urea groups is 1. The van der Waals surface area contributed by atoms with Crippen LogP contribution in [0.2, 0.25) is 0 Å². The minimum atomic E-state index is -0.577. The van der Waals surface area contributed by atoms with Crippen LogP contribution >= 0.6 is 0 Å². The quantitative estimate of drug-likeness (QED) is 0.864. The van der Waals surface area contributed by atoms with E-state index in [0.29, 0.717) is 30.3 Å². The second kappa shape index (κ2) is 7.83. The summed E-state index contributed by atoms with van der Waals surface area (Å²) in [6.45, 7) is 1.17. The number of anilines is 1. The maximum Gasteiger partial charge on any atom is 0.321 e. The van der Waals surface area contributed by atoms with Crippen LogP contribution < -0.4 is 14.8 Å². The normalized spacial score (nSPS) is 14.9. The molecule has 7 heteroatoms. The Balaban J connectivity index is 1.51. The van der Waals surface area contributed by atoms with Gasteiger partial charge in [0.25, 0.3) is 0 Å². The molecule has 1 aromatic carbocycles. The van der Waals surface area contributed by atoms with Gasteiger partial charge < -0.3 is 19.7 Å². The summed E-state index contributed by atoms with van der Waals surface area (Å²) in [5, 5.41) is 2.72. The predicted molar refractivity (Wildman–Crippen MR) is 91.4 cm³/mol. The number of amides is 2. The van der Waals surface area contributed by atoms with Gasteiger partial charge >= 0.3 is 6.03 Å². The number of benzene rings is 1. The smallest absolute Gasteiger partial charge is 0.321 e. The molecule has 0 bridgehead atoms. The van der Waals surface area contributed by atoms with Crippen molar-refractivity contribution in [2.45, 2.75) is 18.9 Å². The summed E-state index contributed by atoms with van der Waals surface area (Å²) in [4.78, 5) is 17.5. The molecule has 6 nitrogen and oxygen atoms in total. The fourth-order valence-corrected chi connectivity index (χ4v) is 2.72. The Morgan fingerprint density at radius 3 is 2.56 bits per heavy atom. The summed E-state index contributed by atoms with van der Waals surface area (Å²) in [6.07, 6.45) is 2.79. The topological polar surface area (TPSA) is 63.7 Å². The molecular formula is C18H20FN3O3. The average Bonchev–Trinajstić information content (AvgIpc) is 2.64. The highest BCUT2D eigenvalue weighted by Gasteiger charge is 2.24. The fourth-order valence-electron chi connectivity index (χ4n) is 2.72. The minimum Gasteiger partial charge on any atom is -0.493 e. The highest BCUT2D eigenvalue weighted by Crippen LogP contribution is 2.29. The Labute approximate surface area is 145 Å². The molecule has 0 aliphatic carbocycles. The average molecular weight is 345 g/mol. The third-order valence-corrected chi connectivity index (χ3v) is 4.07. The lowest BCUT2D eigenvalue weighted by Crippen LogP contribution is -2.43. The number of rotatable bonds is 4. The Morgan fingerprint density at radius 2 is 1.92 bits per heavy atom. The summed E-state index contributed by atoms with van der Waals surface area (Å²) >= 11 is 0. The van der Waals surface area contributed by atoms with E-state index >= 15 is 0 Å². The van der Waals surface area contributed by atoms with Crippen LogP contribution in [0, 0.1) is 5.95 Å². The molecule has 1 fully saturated rings. The van der Waals surface area contributed by atoms with Crippen LogP contribution in [0.4, 0.5) is 14.9 Å². The van der Waals surface area contributed by atoms with E-state index < -0.39 is 5.95 Å². The molecule has 1 aliphatic heterocycles. The van der Waals surface area contributed by atoms with Gasteiger partial charge in [-0.15, -0.1) is 0 Å². The molecule has 1 aromatic heterocycles. The number of likely N-dealkylation sites (tertiary alicyclic amines) is 1. The number of hydrogen-bond donors (Lipinski definition) is 1. The number of carbonyl (C=O) groups is 1. The van der Waals surface area contributed by atoms with Gasteiger partial charge in [-0.2, -0.15) is 4.39 Å². The van der Waals surface area contributed by atoms with Gasteiger partial charge in [0.1, 0.15) is 6.10 Å². The molecule has 1 aliphatic rings. The summed E-state index contributed by atoms with van der Waals surface area (Å²) in [6, 6.07) is 10.00. The van der Waals surface area contributed by atoms with Crippen LogP contribution in [0.1, 0.15) is 12.8 Å². The third-order valence-electron chi connectivity index (χ3n) is 4.07. The van der Waals surface area contributed by atoms with Crippen LogP contribution in [0.3, 0.4) is 0 Å². The number of nitrogens with one attached hydrogen (secondary N) is 1. The van der Waals surface area contributed by atoms with Crippen molar-refractivity contribution in [2.24, 2.45) is 0 Å². The molecule has 0 spiro atoms. The SMILES string of the molecule is COc1ccccc1OC1CCN(C(=O)Nc2ccc(F)nc2)CC1. The van der Waals surface area contributed by atoms with Crippen molar-refractivity contribution in [1.82, 2.24) is 9.88 Å². The van der Waals surface area contributed by atoms with Gasteiger partial charge in [-0.3, -0.25) is 0 Å². The van der Waals surface area contributed by atoms with Crippen LogP contribution in [0.15, 0.2) is 42.6 Å². The summed E-state index contributed by atoms with van der Waals surface area (Å²) in [5.41, 5.74) is 0.471.